The van der Waals surface area contributed by atoms with Crippen LogP contribution in [0.2, 0.25) is 0 Å². The minimum absolute atomic E-state index is 0.330. The van der Waals surface area contributed by atoms with Crippen molar-refractivity contribution in [2.75, 3.05) is 0 Å². The molecule has 0 aliphatic heterocycles. The summed E-state index contributed by atoms with van der Waals surface area (Å²) in [5, 5.41) is 0. The molecule has 1 aromatic rings. The van der Waals surface area contributed by atoms with E-state index in [2.05, 4.69) is 0 Å². The van der Waals surface area contributed by atoms with Gasteiger partial charge in [-0.1, -0.05) is 0 Å². The minimum atomic E-state index is -0.398. The average molecular weight is 167 g/mol. The molecule has 0 aliphatic rings. The molecule has 0 bridgehead atoms. The number of ether oxygens (including phenoxy) is 1. The Morgan fingerprint density at radius 2 is 2.17 bits per heavy atom. The van der Waals surface area contributed by atoms with Crippen molar-refractivity contribution in [2.24, 2.45) is 0 Å². The van der Waals surface area contributed by atoms with Crippen molar-refractivity contribution in [3.05, 3.63) is 29.6 Å². The summed E-state index contributed by atoms with van der Waals surface area (Å²) in [5.41, 5.74) is 0.616. The minimum Gasteiger partial charge on any atom is -0.426 e. The Hall–Kier alpha value is -1.38. The first kappa shape index (κ1) is 8.71. The fourth-order valence-electron chi connectivity index (χ4n) is 0.882. The number of esters is 1. The lowest BCUT2D eigenvalue weighted by Gasteiger charge is -2.03. The third-order valence-electron chi connectivity index (χ3n) is 1.39. The predicted molar refractivity (Wildman–Crippen MR) is 42.4 cm³/mol. The Labute approximate surface area is 70.0 Å². The van der Waals surface area contributed by atoms with E-state index in [0.717, 1.165) is 0 Å². The number of rotatable bonds is 1. The SMILES string of the molecule is CC(=O)Oc1ccc([18F])cc1C. The number of hydrogen-bond donors (Lipinski definition) is 0. The summed E-state index contributed by atoms with van der Waals surface area (Å²) in [6.07, 6.45) is 0. The molecule has 0 fully saturated rings. The predicted octanol–water partition coefficient (Wildman–Crippen LogP) is 2.06. The summed E-state index contributed by atoms with van der Waals surface area (Å²) < 4.78 is 17.3. The normalized spacial score (nSPS) is 9.58. The maximum absolute atomic E-state index is 12.5. The van der Waals surface area contributed by atoms with Gasteiger partial charge < -0.3 is 4.74 Å². The molecule has 0 unspecified atom stereocenters. The van der Waals surface area contributed by atoms with Gasteiger partial charge in [0.2, 0.25) is 0 Å². The van der Waals surface area contributed by atoms with Gasteiger partial charge in [0.25, 0.3) is 0 Å². The lowest BCUT2D eigenvalue weighted by atomic mass is 10.2. The monoisotopic (exact) mass is 167 g/mol. The Bertz CT molecular complexity index is 307. The lowest BCUT2D eigenvalue weighted by molar-refractivity contribution is -0.131. The fraction of sp³-hybridized carbons (Fsp3) is 0.222. The largest absolute Gasteiger partial charge is 0.426 e. The van der Waals surface area contributed by atoms with Crippen LogP contribution in [0.5, 0.6) is 5.75 Å². The molecule has 0 aliphatic carbocycles. The van der Waals surface area contributed by atoms with E-state index in [1.807, 2.05) is 0 Å². The summed E-state index contributed by atoms with van der Waals surface area (Å²) in [6.45, 7) is 2.99. The van der Waals surface area contributed by atoms with Crippen LogP contribution in [0.1, 0.15) is 12.5 Å². The first-order valence-corrected chi connectivity index (χ1v) is 3.54. The molecule has 12 heavy (non-hydrogen) atoms. The van der Waals surface area contributed by atoms with Crippen LogP contribution in [0.3, 0.4) is 0 Å². The first-order valence-electron chi connectivity index (χ1n) is 3.54. The molecule has 64 valence electrons. The molecule has 0 aromatic heterocycles. The summed E-state index contributed by atoms with van der Waals surface area (Å²) in [6, 6.07) is 4.01. The topological polar surface area (TPSA) is 26.3 Å². The molecule has 0 radical (unpaired) electrons. The van der Waals surface area contributed by atoms with Gasteiger partial charge in [0, 0.05) is 6.92 Å². The maximum atomic E-state index is 12.5. The molecule has 0 spiro atoms. The van der Waals surface area contributed by atoms with Crippen LogP contribution >= 0.6 is 0 Å². The molecular formula is C9H9FO2. The molecular weight excluding hydrogens is 158 g/mol. The molecule has 1 aromatic carbocycles. The van der Waals surface area contributed by atoms with Crippen molar-refractivity contribution >= 4 is 5.97 Å². The van der Waals surface area contributed by atoms with E-state index in [1.165, 1.54) is 25.1 Å². The Morgan fingerprint density at radius 1 is 1.50 bits per heavy atom. The van der Waals surface area contributed by atoms with Crippen molar-refractivity contribution in [3.8, 4) is 5.75 Å². The zero-order valence-corrected chi connectivity index (χ0v) is 6.93. The standard InChI is InChI=1S/C9H9FO2/c1-6-5-8(10)3-4-9(6)12-7(2)11/h3-5H,1-2H3/i10-1. The molecule has 0 atom stereocenters. The van der Waals surface area contributed by atoms with E-state index < -0.39 is 5.97 Å². The van der Waals surface area contributed by atoms with Crippen LogP contribution in [0.15, 0.2) is 18.2 Å². The summed E-state index contributed by atoms with van der Waals surface area (Å²) in [4.78, 5) is 10.5. The van der Waals surface area contributed by atoms with Gasteiger partial charge in [0.1, 0.15) is 11.6 Å². The van der Waals surface area contributed by atoms with Gasteiger partial charge in [-0.3, -0.25) is 4.79 Å². The van der Waals surface area contributed by atoms with E-state index in [1.54, 1.807) is 6.92 Å². The molecule has 0 heterocycles. The molecule has 0 amide bonds. The van der Waals surface area contributed by atoms with Crippen LogP contribution < -0.4 is 4.74 Å². The first-order chi connectivity index (χ1) is 5.59. The second-order valence-electron chi connectivity index (χ2n) is 2.50. The van der Waals surface area contributed by atoms with Crippen LogP contribution in [-0.4, -0.2) is 5.97 Å². The number of halogens is 1. The molecule has 0 saturated carbocycles. The quantitative estimate of drug-likeness (QED) is 0.472. The molecule has 1 rings (SSSR count). The van der Waals surface area contributed by atoms with E-state index in [4.69, 9.17) is 4.74 Å². The van der Waals surface area contributed by atoms with Crippen molar-refractivity contribution in [3.63, 3.8) is 0 Å². The summed E-state index contributed by atoms with van der Waals surface area (Å²) in [7, 11) is 0. The maximum Gasteiger partial charge on any atom is 0.308 e. The van der Waals surface area contributed by atoms with Crippen molar-refractivity contribution in [1.29, 1.82) is 0 Å². The second-order valence-corrected chi connectivity index (χ2v) is 2.50. The van der Waals surface area contributed by atoms with Crippen molar-refractivity contribution < 1.29 is 13.9 Å². The van der Waals surface area contributed by atoms with Crippen molar-refractivity contribution in [1.82, 2.24) is 0 Å². The van der Waals surface area contributed by atoms with Crippen LogP contribution in [0, 0.1) is 12.7 Å². The number of aryl methyl sites for hydroxylation is 1. The van der Waals surface area contributed by atoms with Gasteiger partial charge in [-0.15, -0.1) is 0 Å². The Morgan fingerprint density at radius 3 is 2.67 bits per heavy atom. The number of carbonyl (C=O) groups is 1. The average Bonchev–Trinajstić information content (AvgIpc) is 1.94. The third-order valence-corrected chi connectivity index (χ3v) is 1.39. The van der Waals surface area contributed by atoms with Crippen molar-refractivity contribution in [2.45, 2.75) is 13.8 Å². The van der Waals surface area contributed by atoms with Gasteiger partial charge in [-0.2, -0.15) is 0 Å². The highest BCUT2D eigenvalue weighted by atomic mass is 18.2. The van der Waals surface area contributed by atoms with Gasteiger partial charge in [-0.25, -0.2) is 4.39 Å². The number of hydrogen-bond acceptors (Lipinski definition) is 2. The molecule has 3 heteroatoms. The van der Waals surface area contributed by atoms with Crippen LogP contribution in [-0.2, 0) is 4.79 Å². The smallest absolute Gasteiger partial charge is 0.308 e. The summed E-state index contributed by atoms with van der Waals surface area (Å²) >= 11 is 0. The third kappa shape index (κ3) is 2.05. The second kappa shape index (κ2) is 3.34. The lowest BCUT2D eigenvalue weighted by Crippen LogP contribution is -2.02. The fourth-order valence-corrected chi connectivity index (χ4v) is 0.882. The van der Waals surface area contributed by atoms with Crippen LogP contribution in [0.4, 0.5) is 4.39 Å². The Kier molecular flexibility index (Phi) is 2.43. The zero-order chi connectivity index (χ0) is 9.14. The van der Waals surface area contributed by atoms with E-state index in [0.29, 0.717) is 11.3 Å². The zero-order valence-electron chi connectivity index (χ0n) is 6.93. The van der Waals surface area contributed by atoms with Gasteiger partial charge in [0.05, 0.1) is 0 Å². The number of benzene rings is 1. The highest BCUT2D eigenvalue weighted by Gasteiger charge is 2.02. The summed E-state index contributed by atoms with van der Waals surface area (Å²) in [5.74, 6) is -0.322. The highest BCUT2D eigenvalue weighted by molar-refractivity contribution is 5.69. The highest BCUT2D eigenvalue weighted by Crippen LogP contribution is 2.18. The Balaban J connectivity index is 2.93. The molecule has 0 N–H and O–H groups in total. The van der Waals surface area contributed by atoms with E-state index in [-0.39, 0.29) is 5.82 Å². The van der Waals surface area contributed by atoms with E-state index in [9.17, 15) is 9.18 Å². The molecule has 2 nitrogen and oxygen atoms in total. The van der Waals surface area contributed by atoms with Gasteiger partial charge in [-0.05, 0) is 30.7 Å². The van der Waals surface area contributed by atoms with Crippen LogP contribution in [0.25, 0.3) is 0 Å². The number of carbonyl (C=O) groups excluding carboxylic acids is 1. The van der Waals surface area contributed by atoms with E-state index >= 15 is 0 Å². The van der Waals surface area contributed by atoms with Gasteiger partial charge >= 0.3 is 5.97 Å². The molecule has 0 saturated heterocycles. The van der Waals surface area contributed by atoms with Gasteiger partial charge in [0.15, 0.2) is 0 Å².